The Labute approximate surface area is 121 Å². The molecule has 4 fully saturated rings. The second kappa shape index (κ2) is 4.59. The minimum Gasteiger partial charge on any atom is -0.359 e. The normalized spacial score (nSPS) is 40.5. The van der Waals surface area contributed by atoms with E-state index in [0.29, 0.717) is 11.8 Å². The number of rotatable bonds is 3. The first-order chi connectivity index (χ1) is 9.61. The van der Waals surface area contributed by atoms with E-state index in [1.165, 1.54) is 37.8 Å². The number of aromatic nitrogens is 1. The van der Waals surface area contributed by atoms with Crippen molar-refractivity contribution in [3.05, 3.63) is 17.5 Å². The van der Waals surface area contributed by atoms with Gasteiger partial charge in [-0.15, -0.1) is 0 Å². The van der Waals surface area contributed by atoms with Crippen LogP contribution < -0.4 is 5.73 Å². The molecule has 0 aromatic carbocycles. The average molecular weight is 274 g/mol. The number of nitrogens with zero attached hydrogens (tertiary/aromatic N) is 1. The lowest BCUT2D eigenvalue weighted by Crippen LogP contribution is -2.43. The summed E-state index contributed by atoms with van der Waals surface area (Å²) in [5.41, 5.74) is 7.39. The Morgan fingerprint density at radius 3 is 2.25 bits per heavy atom. The van der Waals surface area contributed by atoms with Crippen molar-refractivity contribution < 1.29 is 4.52 Å². The highest BCUT2D eigenvalue weighted by Gasteiger charge is 2.49. The van der Waals surface area contributed by atoms with Crippen LogP contribution in [0.1, 0.15) is 69.4 Å². The summed E-state index contributed by atoms with van der Waals surface area (Å²) in [6, 6.07) is 2.14. The summed E-state index contributed by atoms with van der Waals surface area (Å²) in [7, 11) is 0. The van der Waals surface area contributed by atoms with E-state index in [1.54, 1.807) is 0 Å². The highest BCUT2D eigenvalue weighted by Crippen LogP contribution is 2.59. The lowest BCUT2D eigenvalue weighted by molar-refractivity contribution is -0.00506. The van der Waals surface area contributed by atoms with Crippen molar-refractivity contribution in [2.24, 2.45) is 35.3 Å². The van der Waals surface area contributed by atoms with Gasteiger partial charge in [-0.2, -0.15) is 0 Å². The van der Waals surface area contributed by atoms with Gasteiger partial charge in [-0.25, -0.2) is 0 Å². The summed E-state index contributed by atoms with van der Waals surface area (Å²) in [5.74, 6) is 5.67. The predicted molar refractivity (Wildman–Crippen MR) is 78.1 cm³/mol. The maximum absolute atomic E-state index is 6.19. The van der Waals surface area contributed by atoms with Crippen molar-refractivity contribution >= 4 is 0 Å². The molecule has 4 bridgehead atoms. The Morgan fingerprint density at radius 1 is 1.10 bits per heavy atom. The molecule has 1 aromatic rings. The molecule has 110 valence electrons. The first-order valence-electron chi connectivity index (χ1n) is 8.34. The van der Waals surface area contributed by atoms with Crippen molar-refractivity contribution in [2.75, 3.05) is 0 Å². The average Bonchev–Trinajstić information content (AvgIpc) is 2.85. The molecule has 1 aromatic heterocycles. The summed E-state index contributed by atoms with van der Waals surface area (Å²) >= 11 is 0. The first-order valence-corrected chi connectivity index (χ1v) is 8.34. The zero-order valence-electron chi connectivity index (χ0n) is 12.6. The van der Waals surface area contributed by atoms with Crippen LogP contribution in [0.25, 0.3) is 0 Å². The molecular weight excluding hydrogens is 248 g/mol. The smallest absolute Gasteiger partial charge is 0.153 e. The van der Waals surface area contributed by atoms with Gasteiger partial charge in [0.2, 0.25) is 0 Å². The van der Waals surface area contributed by atoms with Crippen molar-refractivity contribution in [1.29, 1.82) is 0 Å². The van der Waals surface area contributed by atoms with Crippen LogP contribution in [0, 0.1) is 29.6 Å². The Bertz CT molecular complexity index is 465. The summed E-state index contributed by atoms with van der Waals surface area (Å²) in [6.45, 7) is 4.27. The standard InChI is InChI=1S/C17H26N2O/c1-9(2)17(18)15-8-14(19-20-15)16-12-4-10-3-11(6-12)7-13(16)5-10/h8-13,16-17H,3-7,18H2,1-2H3. The Balaban J connectivity index is 1.59. The van der Waals surface area contributed by atoms with Gasteiger partial charge in [0.05, 0.1) is 11.7 Å². The van der Waals surface area contributed by atoms with Crippen LogP contribution in [-0.4, -0.2) is 5.16 Å². The molecule has 1 atom stereocenters. The zero-order valence-corrected chi connectivity index (χ0v) is 12.6. The molecule has 3 nitrogen and oxygen atoms in total. The quantitative estimate of drug-likeness (QED) is 0.910. The van der Waals surface area contributed by atoms with Crippen molar-refractivity contribution in [3.63, 3.8) is 0 Å². The fraction of sp³-hybridized carbons (Fsp3) is 0.824. The van der Waals surface area contributed by atoms with Crippen LogP contribution in [0.2, 0.25) is 0 Å². The van der Waals surface area contributed by atoms with Gasteiger partial charge >= 0.3 is 0 Å². The molecule has 3 heteroatoms. The van der Waals surface area contributed by atoms with Crippen molar-refractivity contribution in [1.82, 2.24) is 5.16 Å². The minimum atomic E-state index is -0.0203. The third-order valence-corrected chi connectivity index (χ3v) is 6.16. The molecule has 0 aliphatic heterocycles. The van der Waals surface area contributed by atoms with Gasteiger partial charge in [-0.3, -0.25) is 0 Å². The maximum atomic E-state index is 6.19. The largest absolute Gasteiger partial charge is 0.359 e. The van der Waals surface area contributed by atoms with E-state index >= 15 is 0 Å². The van der Waals surface area contributed by atoms with Gasteiger partial charge in [0.1, 0.15) is 0 Å². The highest BCUT2D eigenvalue weighted by atomic mass is 16.5. The molecule has 4 saturated carbocycles. The topological polar surface area (TPSA) is 52.0 Å². The second-order valence-corrected chi connectivity index (χ2v) is 7.88. The Hall–Kier alpha value is -0.830. The van der Waals surface area contributed by atoms with Crippen molar-refractivity contribution in [2.45, 2.75) is 57.9 Å². The number of nitrogens with two attached hydrogens (primary N) is 1. The SMILES string of the molecule is CC(C)C(N)c1cc(C2C3CC4CC(C3)CC2C4)no1. The fourth-order valence-corrected chi connectivity index (χ4v) is 5.35. The maximum Gasteiger partial charge on any atom is 0.153 e. The lowest BCUT2D eigenvalue weighted by Gasteiger charge is -2.53. The van der Waals surface area contributed by atoms with Gasteiger partial charge in [-0.05, 0) is 61.7 Å². The van der Waals surface area contributed by atoms with Gasteiger partial charge in [0.25, 0.3) is 0 Å². The third kappa shape index (κ3) is 1.93. The summed E-state index contributed by atoms with van der Waals surface area (Å²) in [6.07, 6.45) is 7.21. The summed E-state index contributed by atoms with van der Waals surface area (Å²) in [4.78, 5) is 0. The zero-order chi connectivity index (χ0) is 13.9. The Morgan fingerprint density at radius 2 is 1.70 bits per heavy atom. The third-order valence-electron chi connectivity index (χ3n) is 6.16. The second-order valence-electron chi connectivity index (χ2n) is 7.88. The molecule has 2 N–H and O–H groups in total. The summed E-state index contributed by atoms with van der Waals surface area (Å²) in [5, 5.41) is 4.41. The van der Waals surface area contributed by atoms with Crippen LogP contribution in [0.5, 0.6) is 0 Å². The van der Waals surface area contributed by atoms with Gasteiger partial charge in [-0.1, -0.05) is 19.0 Å². The molecule has 0 radical (unpaired) electrons. The van der Waals surface area contributed by atoms with Crippen LogP contribution in [0.4, 0.5) is 0 Å². The molecular formula is C17H26N2O. The van der Waals surface area contributed by atoms with Crippen molar-refractivity contribution in [3.8, 4) is 0 Å². The van der Waals surface area contributed by atoms with E-state index in [9.17, 15) is 0 Å². The molecule has 20 heavy (non-hydrogen) atoms. The molecule has 0 saturated heterocycles. The molecule has 0 amide bonds. The summed E-state index contributed by atoms with van der Waals surface area (Å²) < 4.78 is 5.57. The molecule has 1 unspecified atom stereocenters. The highest BCUT2D eigenvalue weighted by molar-refractivity contribution is 5.19. The molecule has 5 rings (SSSR count). The monoisotopic (exact) mass is 274 g/mol. The van der Waals surface area contributed by atoms with Gasteiger partial charge in [0, 0.05) is 12.0 Å². The van der Waals surface area contributed by atoms with E-state index in [1.807, 2.05) is 0 Å². The van der Waals surface area contributed by atoms with Crippen LogP contribution >= 0.6 is 0 Å². The Kier molecular flexibility index (Phi) is 2.95. The van der Waals surface area contributed by atoms with E-state index in [0.717, 1.165) is 29.4 Å². The minimum absolute atomic E-state index is 0.0203. The van der Waals surface area contributed by atoms with E-state index in [4.69, 9.17) is 10.3 Å². The van der Waals surface area contributed by atoms with Gasteiger partial charge < -0.3 is 10.3 Å². The fourth-order valence-electron chi connectivity index (χ4n) is 5.35. The first kappa shape index (κ1) is 12.9. The predicted octanol–water partition coefficient (Wildman–Crippen LogP) is 3.87. The molecule has 1 heterocycles. The van der Waals surface area contributed by atoms with Crippen LogP contribution in [-0.2, 0) is 0 Å². The molecule has 4 aliphatic rings. The van der Waals surface area contributed by atoms with E-state index in [-0.39, 0.29) is 6.04 Å². The lowest BCUT2D eigenvalue weighted by atomic mass is 9.51. The van der Waals surface area contributed by atoms with E-state index < -0.39 is 0 Å². The molecule has 0 spiro atoms. The number of hydrogen-bond acceptors (Lipinski definition) is 3. The van der Waals surface area contributed by atoms with Crippen LogP contribution in [0.15, 0.2) is 10.6 Å². The number of hydrogen-bond donors (Lipinski definition) is 1. The van der Waals surface area contributed by atoms with Crippen LogP contribution in [0.3, 0.4) is 0 Å². The van der Waals surface area contributed by atoms with Gasteiger partial charge in [0.15, 0.2) is 5.76 Å². The molecule has 4 aliphatic carbocycles. The van der Waals surface area contributed by atoms with E-state index in [2.05, 4.69) is 25.1 Å².